The van der Waals surface area contributed by atoms with Gasteiger partial charge < -0.3 is 29.4 Å². The number of benzene rings is 3. The van der Waals surface area contributed by atoms with Crippen LogP contribution < -0.4 is 29.4 Å². The molecule has 9 heteroatoms. The lowest BCUT2D eigenvalue weighted by Gasteiger charge is -2.27. The SMILES string of the molecule is COc1cc([C@@H]2C(C#N)=C(N)Oc3cc4c(cc32)OCO4)cc(Br)c1OCc1ccc(F)cc1. The van der Waals surface area contributed by atoms with Gasteiger partial charge in [0.15, 0.2) is 23.0 Å². The Kier molecular flexibility index (Phi) is 5.67. The number of fused-ring (bicyclic) bond motifs is 2. The zero-order chi connectivity index (χ0) is 23.8. The molecule has 2 aliphatic heterocycles. The quantitative estimate of drug-likeness (QED) is 0.494. The van der Waals surface area contributed by atoms with Gasteiger partial charge in [0.25, 0.3) is 0 Å². The van der Waals surface area contributed by atoms with Crippen LogP contribution in [0.2, 0.25) is 0 Å². The van der Waals surface area contributed by atoms with Crippen LogP contribution in [0.3, 0.4) is 0 Å². The average Bonchev–Trinajstić information content (AvgIpc) is 3.29. The summed E-state index contributed by atoms with van der Waals surface area (Å²) in [6, 6.07) is 15.4. The molecule has 3 aromatic rings. The lowest BCUT2D eigenvalue weighted by molar-refractivity contribution is 0.174. The summed E-state index contributed by atoms with van der Waals surface area (Å²) < 4.78 is 42.1. The van der Waals surface area contributed by atoms with Crippen LogP contribution in [-0.2, 0) is 6.61 Å². The van der Waals surface area contributed by atoms with Crippen molar-refractivity contribution in [2.45, 2.75) is 12.5 Å². The Bertz CT molecular complexity index is 1350. The second-order valence-electron chi connectivity index (χ2n) is 7.62. The maximum absolute atomic E-state index is 13.2. The summed E-state index contributed by atoms with van der Waals surface area (Å²) in [6.45, 7) is 0.324. The highest BCUT2D eigenvalue weighted by molar-refractivity contribution is 9.10. The summed E-state index contributed by atoms with van der Waals surface area (Å²) in [7, 11) is 1.53. The van der Waals surface area contributed by atoms with Crippen LogP contribution in [0.4, 0.5) is 4.39 Å². The fraction of sp³-hybridized carbons (Fsp3) is 0.160. The fourth-order valence-electron chi connectivity index (χ4n) is 3.97. The smallest absolute Gasteiger partial charge is 0.231 e. The van der Waals surface area contributed by atoms with E-state index in [1.807, 2.05) is 6.07 Å². The number of rotatable bonds is 5. The van der Waals surface area contributed by atoms with Crippen LogP contribution in [0.25, 0.3) is 0 Å². The van der Waals surface area contributed by atoms with Gasteiger partial charge in [-0.2, -0.15) is 5.26 Å². The monoisotopic (exact) mass is 524 g/mol. The molecule has 2 heterocycles. The molecule has 0 aliphatic carbocycles. The minimum Gasteiger partial charge on any atom is -0.493 e. The predicted molar refractivity (Wildman–Crippen MR) is 123 cm³/mol. The Morgan fingerprint density at radius 3 is 2.56 bits per heavy atom. The molecule has 0 aromatic heterocycles. The first kappa shape index (κ1) is 21.9. The fourth-order valence-corrected chi connectivity index (χ4v) is 4.55. The highest BCUT2D eigenvalue weighted by atomic mass is 79.9. The minimum atomic E-state index is -0.528. The number of allylic oxidation sites excluding steroid dienone is 1. The molecule has 172 valence electrons. The lowest BCUT2D eigenvalue weighted by Crippen LogP contribution is -2.21. The normalized spacial score (nSPS) is 15.9. The third-order valence-corrected chi connectivity index (χ3v) is 6.18. The van der Waals surface area contributed by atoms with Crippen molar-refractivity contribution in [3.8, 4) is 34.8 Å². The van der Waals surface area contributed by atoms with Crippen molar-refractivity contribution in [1.82, 2.24) is 0 Å². The summed E-state index contributed by atoms with van der Waals surface area (Å²) >= 11 is 3.57. The molecule has 2 aliphatic rings. The second-order valence-corrected chi connectivity index (χ2v) is 8.47. The number of ether oxygens (including phenoxy) is 5. The van der Waals surface area contributed by atoms with Crippen molar-refractivity contribution in [2.75, 3.05) is 13.9 Å². The molecule has 0 radical (unpaired) electrons. The standard InChI is InChI=1S/C25H18BrFN2O5/c1-30-22-7-14(6-18(26)24(22)31-11-13-2-4-15(27)5-3-13)23-16-8-20-21(33-12-32-20)9-19(16)34-25(29)17(23)10-28/h2-9,23H,11-12,29H2,1H3/t23-/m0/s1. The first-order chi connectivity index (χ1) is 16.5. The number of nitrogens with two attached hydrogens (primary N) is 1. The number of hydrogen-bond acceptors (Lipinski definition) is 7. The van der Waals surface area contributed by atoms with E-state index in [1.54, 1.807) is 30.3 Å². The molecule has 0 bridgehead atoms. The Morgan fingerprint density at radius 1 is 1.12 bits per heavy atom. The van der Waals surface area contributed by atoms with Crippen LogP contribution in [-0.4, -0.2) is 13.9 Å². The van der Waals surface area contributed by atoms with Crippen molar-refractivity contribution >= 4 is 15.9 Å². The van der Waals surface area contributed by atoms with E-state index in [1.165, 1.54) is 19.2 Å². The Labute approximate surface area is 203 Å². The summed E-state index contributed by atoms with van der Waals surface area (Å²) in [6.07, 6.45) is 0. The van der Waals surface area contributed by atoms with Gasteiger partial charge in [-0.15, -0.1) is 0 Å². The Morgan fingerprint density at radius 2 is 1.85 bits per heavy atom. The van der Waals surface area contributed by atoms with Gasteiger partial charge in [-0.1, -0.05) is 12.1 Å². The zero-order valence-corrected chi connectivity index (χ0v) is 19.5. The maximum Gasteiger partial charge on any atom is 0.231 e. The van der Waals surface area contributed by atoms with Crippen LogP contribution in [0.1, 0.15) is 22.6 Å². The molecular formula is C25H18BrFN2O5. The van der Waals surface area contributed by atoms with Crippen LogP contribution in [0, 0.1) is 17.1 Å². The predicted octanol–water partition coefficient (Wildman–Crippen LogP) is 5.12. The highest BCUT2D eigenvalue weighted by Crippen LogP contribution is 2.50. The van der Waals surface area contributed by atoms with Crippen molar-refractivity contribution in [3.05, 3.63) is 87.0 Å². The molecule has 0 fully saturated rings. The van der Waals surface area contributed by atoms with Gasteiger partial charge in [0, 0.05) is 11.6 Å². The van der Waals surface area contributed by atoms with E-state index < -0.39 is 5.92 Å². The Hall–Kier alpha value is -3.90. The second kappa shape index (κ2) is 8.80. The van der Waals surface area contributed by atoms with Gasteiger partial charge >= 0.3 is 0 Å². The molecule has 3 aromatic carbocycles. The van der Waals surface area contributed by atoms with E-state index in [-0.39, 0.29) is 30.7 Å². The van der Waals surface area contributed by atoms with E-state index in [0.29, 0.717) is 38.8 Å². The zero-order valence-electron chi connectivity index (χ0n) is 17.9. The van der Waals surface area contributed by atoms with E-state index >= 15 is 0 Å². The van der Waals surface area contributed by atoms with E-state index in [4.69, 9.17) is 29.4 Å². The topological polar surface area (TPSA) is 96.0 Å². The molecular weight excluding hydrogens is 507 g/mol. The van der Waals surface area contributed by atoms with Gasteiger partial charge in [-0.25, -0.2) is 4.39 Å². The first-order valence-corrected chi connectivity index (χ1v) is 11.0. The third-order valence-electron chi connectivity index (χ3n) is 5.59. The van der Waals surface area contributed by atoms with E-state index in [2.05, 4.69) is 22.0 Å². The Balaban J connectivity index is 1.55. The number of hydrogen-bond donors (Lipinski definition) is 1. The van der Waals surface area contributed by atoms with Crippen molar-refractivity contribution in [3.63, 3.8) is 0 Å². The van der Waals surface area contributed by atoms with Gasteiger partial charge in [0.2, 0.25) is 12.7 Å². The lowest BCUT2D eigenvalue weighted by atomic mass is 9.83. The van der Waals surface area contributed by atoms with Gasteiger partial charge in [-0.05, 0) is 57.4 Å². The molecule has 0 saturated carbocycles. The summed E-state index contributed by atoms with van der Waals surface area (Å²) in [5.41, 5.74) is 8.62. The van der Waals surface area contributed by atoms with Gasteiger partial charge in [0.1, 0.15) is 29.8 Å². The van der Waals surface area contributed by atoms with Crippen molar-refractivity contribution in [2.24, 2.45) is 5.73 Å². The molecule has 7 nitrogen and oxygen atoms in total. The summed E-state index contributed by atoms with van der Waals surface area (Å²) in [4.78, 5) is 0. The molecule has 0 spiro atoms. The molecule has 1 atom stereocenters. The van der Waals surface area contributed by atoms with Crippen LogP contribution >= 0.6 is 15.9 Å². The van der Waals surface area contributed by atoms with Gasteiger partial charge in [-0.3, -0.25) is 0 Å². The maximum atomic E-state index is 13.2. The number of methoxy groups -OCH3 is 1. The van der Waals surface area contributed by atoms with Crippen molar-refractivity contribution < 1.29 is 28.1 Å². The largest absolute Gasteiger partial charge is 0.493 e. The van der Waals surface area contributed by atoms with Crippen molar-refractivity contribution in [1.29, 1.82) is 5.26 Å². The molecule has 2 N–H and O–H groups in total. The summed E-state index contributed by atoms with van der Waals surface area (Å²) in [5.74, 6) is 1.71. The van der Waals surface area contributed by atoms with E-state index in [0.717, 1.165) is 11.1 Å². The number of halogens is 2. The van der Waals surface area contributed by atoms with Crippen LogP contribution in [0.5, 0.6) is 28.7 Å². The molecule has 34 heavy (non-hydrogen) atoms. The minimum absolute atomic E-state index is 0.0191. The van der Waals surface area contributed by atoms with E-state index in [9.17, 15) is 9.65 Å². The highest BCUT2D eigenvalue weighted by Gasteiger charge is 2.34. The molecule has 0 saturated heterocycles. The third kappa shape index (κ3) is 3.86. The number of nitrogens with zero attached hydrogens (tertiary/aromatic N) is 1. The molecule has 0 amide bonds. The molecule has 5 rings (SSSR count). The first-order valence-electron chi connectivity index (χ1n) is 10.2. The average molecular weight is 525 g/mol. The number of nitriles is 1. The summed E-state index contributed by atoms with van der Waals surface area (Å²) in [5, 5.41) is 9.87. The molecule has 0 unspecified atom stereocenters. The van der Waals surface area contributed by atoms with Gasteiger partial charge in [0.05, 0.1) is 17.5 Å². The van der Waals surface area contributed by atoms with Crippen LogP contribution in [0.15, 0.2) is 64.5 Å².